The van der Waals surface area contributed by atoms with Gasteiger partial charge in [0.15, 0.2) is 0 Å². The molecule has 3 nitrogen and oxygen atoms in total. The minimum atomic E-state index is -0.266. The molecular weight excluding hydrogens is 378 g/mol. The first-order valence-corrected chi connectivity index (χ1v) is 9.30. The van der Waals surface area contributed by atoms with Gasteiger partial charge in [0.05, 0.1) is 18.7 Å². The van der Waals surface area contributed by atoms with Crippen LogP contribution in [-0.4, -0.2) is 13.1 Å². The molecule has 0 saturated carbocycles. The summed E-state index contributed by atoms with van der Waals surface area (Å²) in [4.78, 5) is 12.3. The van der Waals surface area contributed by atoms with Crippen molar-refractivity contribution >= 4 is 27.6 Å². The number of hydrogen-bond donors (Lipinski definition) is 1. The van der Waals surface area contributed by atoms with E-state index in [0.717, 1.165) is 27.7 Å². The lowest BCUT2D eigenvalue weighted by atomic mass is 9.75. The van der Waals surface area contributed by atoms with Crippen LogP contribution in [0.5, 0.6) is 0 Å². The fourth-order valence-electron chi connectivity index (χ4n) is 4.17. The van der Waals surface area contributed by atoms with Crippen molar-refractivity contribution in [1.29, 1.82) is 0 Å². The number of nitrogens with one attached hydrogen (secondary N) is 1. The van der Waals surface area contributed by atoms with Gasteiger partial charge >= 0.3 is 5.97 Å². The molecule has 0 radical (unpaired) electrons. The van der Waals surface area contributed by atoms with Crippen LogP contribution in [0.15, 0.2) is 53.0 Å². The zero-order chi connectivity index (χ0) is 17.6. The maximum absolute atomic E-state index is 12.3. The lowest BCUT2D eigenvalue weighted by Crippen LogP contribution is -2.31. The van der Waals surface area contributed by atoms with Gasteiger partial charge in [0.2, 0.25) is 0 Å². The number of aryl methyl sites for hydroxylation is 1. The van der Waals surface area contributed by atoms with Gasteiger partial charge in [-0.05, 0) is 54.2 Å². The van der Waals surface area contributed by atoms with Crippen LogP contribution in [0.2, 0.25) is 0 Å². The topological polar surface area (TPSA) is 38.3 Å². The van der Waals surface area contributed by atoms with E-state index < -0.39 is 0 Å². The summed E-state index contributed by atoms with van der Waals surface area (Å²) in [6.45, 7) is 2.09. The Balaban J connectivity index is 1.87. The first-order valence-electron chi connectivity index (χ1n) is 8.50. The van der Waals surface area contributed by atoms with Gasteiger partial charge in [-0.1, -0.05) is 46.3 Å². The van der Waals surface area contributed by atoms with E-state index in [1.165, 1.54) is 12.7 Å². The molecule has 2 aromatic carbocycles. The normalized spacial score (nSPS) is 23.6. The van der Waals surface area contributed by atoms with Crippen LogP contribution in [0.25, 0.3) is 0 Å². The van der Waals surface area contributed by atoms with Crippen molar-refractivity contribution in [3.63, 3.8) is 0 Å². The first-order chi connectivity index (χ1) is 12.1. The van der Waals surface area contributed by atoms with Gasteiger partial charge in [-0.15, -0.1) is 0 Å². The third kappa shape index (κ3) is 2.69. The number of halogens is 1. The van der Waals surface area contributed by atoms with Crippen molar-refractivity contribution in [3.8, 4) is 0 Å². The highest BCUT2D eigenvalue weighted by atomic mass is 79.9. The smallest absolute Gasteiger partial charge is 0.338 e. The average Bonchev–Trinajstić information content (AvgIpc) is 3.10. The molecule has 0 aromatic heterocycles. The van der Waals surface area contributed by atoms with Gasteiger partial charge < -0.3 is 10.1 Å². The Kier molecular flexibility index (Phi) is 4.16. The summed E-state index contributed by atoms with van der Waals surface area (Å²) < 4.78 is 6.10. The molecule has 4 heteroatoms. The van der Waals surface area contributed by atoms with Crippen LogP contribution in [0.1, 0.15) is 45.4 Å². The van der Waals surface area contributed by atoms with Crippen molar-refractivity contribution in [2.24, 2.45) is 5.92 Å². The van der Waals surface area contributed by atoms with E-state index in [-0.39, 0.29) is 17.9 Å². The number of anilines is 1. The molecule has 0 unspecified atom stereocenters. The van der Waals surface area contributed by atoms with E-state index >= 15 is 0 Å². The lowest BCUT2D eigenvalue weighted by Gasteiger charge is -2.39. The zero-order valence-corrected chi connectivity index (χ0v) is 15.8. The minimum Gasteiger partial charge on any atom is -0.465 e. The molecular formula is C21H20BrNO2. The summed E-state index contributed by atoms with van der Waals surface area (Å²) in [5.41, 5.74) is 5.24. The Morgan fingerprint density at radius 3 is 2.88 bits per heavy atom. The second-order valence-corrected chi connectivity index (χ2v) is 7.66. The number of ether oxygens (including phenoxy) is 1. The second-order valence-electron chi connectivity index (χ2n) is 6.74. The van der Waals surface area contributed by atoms with Crippen molar-refractivity contribution < 1.29 is 9.53 Å². The summed E-state index contributed by atoms with van der Waals surface area (Å²) in [6, 6.07) is 12.6. The number of carbonyl (C=O) groups excluding carboxylic acids is 1. The van der Waals surface area contributed by atoms with Crippen molar-refractivity contribution in [3.05, 3.63) is 75.3 Å². The van der Waals surface area contributed by atoms with Crippen molar-refractivity contribution in [2.75, 3.05) is 12.4 Å². The molecule has 25 heavy (non-hydrogen) atoms. The number of esters is 1. The van der Waals surface area contributed by atoms with E-state index in [1.807, 2.05) is 18.2 Å². The molecule has 1 aliphatic heterocycles. The van der Waals surface area contributed by atoms with Crippen LogP contribution in [0.4, 0.5) is 5.69 Å². The largest absolute Gasteiger partial charge is 0.465 e. The fraction of sp³-hybridized carbons (Fsp3) is 0.286. The summed E-state index contributed by atoms with van der Waals surface area (Å²) in [7, 11) is 1.44. The molecule has 0 saturated heterocycles. The van der Waals surface area contributed by atoms with E-state index in [1.54, 1.807) is 0 Å². The fourth-order valence-corrected chi connectivity index (χ4v) is 4.59. The predicted octanol–water partition coefficient (Wildman–Crippen LogP) is 5.37. The van der Waals surface area contributed by atoms with Gasteiger partial charge in [0.1, 0.15) is 0 Å². The van der Waals surface area contributed by atoms with Crippen LogP contribution in [0.3, 0.4) is 0 Å². The highest BCUT2D eigenvalue weighted by molar-refractivity contribution is 9.10. The van der Waals surface area contributed by atoms with E-state index in [2.05, 4.69) is 58.5 Å². The molecule has 1 aliphatic carbocycles. The van der Waals surface area contributed by atoms with Crippen LogP contribution in [-0.2, 0) is 4.74 Å². The molecule has 128 valence electrons. The summed E-state index contributed by atoms with van der Waals surface area (Å²) in [5.74, 6) is 0.360. The zero-order valence-electron chi connectivity index (χ0n) is 14.3. The number of methoxy groups -OCH3 is 1. The number of carbonyl (C=O) groups is 1. The summed E-state index contributed by atoms with van der Waals surface area (Å²) in [6.07, 6.45) is 5.49. The highest BCUT2D eigenvalue weighted by Gasteiger charge is 2.40. The highest BCUT2D eigenvalue weighted by Crippen LogP contribution is 2.51. The second kappa shape index (κ2) is 6.34. The quantitative estimate of drug-likeness (QED) is 0.546. The van der Waals surface area contributed by atoms with Crippen LogP contribution in [0, 0.1) is 12.8 Å². The Morgan fingerprint density at radius 2 is 2.12 bits per heavy atom. The third-order valence-corrected chi connectivity index (χ3v) is 5.83. The molecule has 3 atom stereocenters. The Hall–Kier alpha value is -2.07. The Bertz CT molecular complexity index is 874. The van der Waals surface area contributed by atoms with E-state index in [0.29, 0.717) is 11.5 Å². The molecule has 0 fully saturated rings. The number of benzene rings is 2. The predicted molar refractivity (Wildman–Crippen MR) is 103 cm³/mol. The van der Waals surface area contributed by atoms with E-state index in [9.17, 15) is 4.79 Å². The number of rotatable bonds is 2. The third-order valence-electron chi connectivity index (χ3n) is 5.34. The van der Waals surface area contributed by atoms with Gasteiger partial charge in [0.25, 0.3) is 0 Å². The van der Waals surface area contributed by atoms with Gasteiger partial charge in [-0.25, -0.2) is 4.79 Å². The minimum absolute atomic E-state index is 0.219. The molecule has 0 bridgehead atoms. The van der Waals surface area contributed by atoms with Crippen LogP contribution >= 0.6 is 15.9 Å². The molecule has 1 N–H and O–H groups in total. The standard InChI is InChI=1S/C21H20BrNO2/c1-12-9-10-17(21(24)25-2)18-15-7-4-8-16(15)20(23-19(12)18)13-5-3-6-14(22)11-13/h3-7,9-11,15-16,20,23H,8H2,1-2H3/t15-,16+,20+/m1/s1. The summed E-state index contributed by atoms with van der Waals surface area (Å²) in [5, 5.41) is 3.73. The molecule has 1 heterocycles. The number of fused-ring (bicyclic) bond motifs is 3. The monoisotopic (exact) mass is 397 g/mol. The van der Waals surface area contributed by atoms with Crippen molar-refractivity contribution in [1.82, 2.24) is 0 Å². The Morgan fingerprint density at radius 1 is 1.28 bits per heavy atom. The van der Waals surface area contributed by atoms with Crippen LogP contribution < -0.4 is 5.32 Å². The van der Waals surface area contributed by atoms with E-state index in [4.69, 9.17) is 4.74 Å². The number of allylic oxidation sites excluding steroid dienone is 2. The van der Waals surface area contributed by atoms with Gasteiger partial charge in [0, 0.05) is 16.1 Å². The molecule has 0 spiro atoms. The molecule has 0 amide bonds. The summed E-state index contributed by atoms with van der Waals surface area (Å²) >= 11 is 3.58. The van der Waals surface area contributed by atoms with Gasteiger partial charge in [-0.2, -0.15) is 0 Å². The SMILES string of the molecule is COC(=O)c1ccc(C)c2c1[C@@H]1C=CC[C@@H]1[C@H](c1cccc(Br)c1)N2. The van der Waals surface area contributed by atoms with Gasteiger partial charge in [-0.3, -0.25) is 0 Å². The molecule has 4 rings (SSSR count). The molecule has 2 aromatic rings. The first kappa shape index (κ1) is 16.4. The van der Waals surface area contributed by atoms with Crippen molar-refractivity contribution in [2.45, 2.75) is 25.3 Å². The molecule has 2 aliphatic rings. The lowest BCUT2D eigenvalue weighted by molar-refractivity contribution is 0.0598. The average molecular weight is 398 g/mol. The maximum Gasteiger partial charge on any atom is 0.338 e. The maximum atomic E-state index is 12.3. The Labute approximate surface area is 156 Å². The number of hydrogen-bond acceptors (Lipinski definition) is 3.